The van der Waals surface area contributed by atoms with Crippen molar-refractivity contribution < 1.29 is 14.3 Å². The van der Waals surface area contributed by atoms with E-state index in [1.165, 1.54) is 12.8 Å². The lowest BCUT2D eigenvalue weighted by molar-refractivity contribution is -0.145. The van der Waals surface area contributed by atoms with E-state index in [1.54, 1.807) is 14.2 Å². The van der Waals surface area contributed by atoms with Crippen LogP contribution in [0.15, 0.2) is 18.2 Å². The summed E-state index contributed by atoms with van der Waals surface area (Å²) in [6, 6.07) is 5.89. The first-order valence-electron chi connectivity index (χ1n) is 9.35. The third-order valence-electron chi connectivity index (χ3n) is 5.95. The fourth-order valence-electron chi connectivity index (χ4n) is 4.51. The number of amides is 1. The van der Waals surface area contributed by atoms with Gasteiger partial charge in [-0.1, -0.05) is 18.9 Å². The van der Waals surface area contributed by atoms with Crippen LogP contribution in [0.2, 0.25) is 0 Å². The zero-order valence-electron chi connectivity index (χ0n) is 15.6. The topological polar surface area (TPSA) is 50.8 Å². The molecule has 3 rings (SSSR count). The van der Waals surface area contributed by atoms with Crippen LogP contribution in [-0.2, 0) is 11.3 Å². The highest BCUT2D eigenvalue weighted by atomic mass is 16.5. The monoisotopic (exact) mass is 346 g/mol. The maximum atomic E-state index is 13.4. The molecule has 1 saturated heterocycles. The summed E-state index contributed by atoms with van der Waals surface area (Å²) in [5, 5.41) is 3.48. The van der Waals surface area contributed by atoms with Gasteiger partial charge in [-0.2, -0.15) is 0 Å². The Kier molecular flexibility index (Phi) is 5.52. The second kappa shape index (κ2) is 7.65. The third-order valence-corrected chi connectivity index (χ3v) is 5.95. The molecule has 0 spiro atoms. The normalized spacial score (nSPS) is 25.3. The van der Waals surface area contributed by atoms with Crippen LogP contribution in [0.25, 0.3) is 0 Å². The molecule has 1 heterocycles. The van der Waals surface area contributed by atoms with E-state index in [1.807, 2.05) is 23.1 Å². The molecule has 1 N–H and O–H groups in total. The van der Waals surface area contributed by atoms with Crippen LogP contribution in [0.5, 0.6) is 11.5 Å². The molecule has 1 saturated carbocycles. The number of nitrogens with zero attached hydrogens (tertiary/aromatic N) is 1. The van der Waals surface area contributed by atoms with Gasteiger partial charge in [-0.25, -0.2) is 0 Å². The number of benzene rings is 1. The van der Waals surface area contributed by atoms with Crippen LogP contribution >= 0.6 is 0 Å². The Morgan fingerprint density at radius 2 is 2.08 bits per heavy atom. The number of carbonyl (C=O) groups is 1. The largest absolute Gasteiger partial charge is 0.493 e. The molecule has 1 amide bonds. The molecule has 138 valence electrons. The molecule has 1 aromatic rings. The van der Waals surface area contributed by atoms with E-state index in [0.717, 1.165) is 38.0 Å². The first-order chi connectivity index (χ1) is 12.1. The minimum absolute atomic E-state index is 0.190. The van der Waals surface area contributed by atoms with Crippen LogP contribution in [0.3, 0.4) is 0 Å². The number of hydrogen-bond donors (Lipinski definition) is 1. The zero-order chi connectivity index (χ0) is 17.9. The lowest BCUT2D eigenvalue weighted by atomic mass is 9.67. The molecule has 5 nitrogen and oxygen atoms in total. The third kappa shape index (κ3) is 3.34. The van der Waals surface area contributed by atoms with Crippen molar-refractivity contribution >= 4 is 5.91 Å². The average molecular weight is 346 g/mol. The van der Waals surface area contributed by atoms with Crippen molar-refractivity contribution in [2.45, 2.75) is 39.2 Å². The molecule has 1 aliphatic carbocycles. The van der Waals surface area contributed by atoms with E-state index >= 15 is 0 Å². The van der Waals surface area contributed by atoms with E-state index in [9.17, 15) is 4.79 Å². The lowest BCUT2D eigenvalue weighted by Crippen LogP contribution is -2.49. The van der Waals surface area contributed by atoms with E-state index in [4.69, 9.17) is 9.47 Å². The van der Waals surface area contributed by atoms with E-state index in [0.29, 0.717) is 29.9 Å². The first-order valence-corrected chi connectivity index (χ1v) is 9.35. The molecule has 25 heavy (non-hydrogen) atoms. The zero-order valence-corrected chi connectivity index (χ0v) is 15.6. The number of ether oxygens (including phenoxy) is 2. The van der Waals surface area contributed by atoms with Gasteiger partial charge in [-0.05, 0) is 49.9 Å². The Morgan fingerprint density at radius 1 is 1.28 bits per heavy atom. The molecule has 0 bridgehead atoms. The quantitative estimate of drug-likeness (QED) is 0.860. The van der Waals surface area contributed by atoms with Crippen molar-refractivity contribution in [2.24, 2.45) is 11.3 Å². The predicted octanol–water partition coefficient (Wildman–Crippen LogP) is 2.83. The molecule has 2 fully saturated rings. The summed E-state index contributed by atoms with van der Waals surface area (Å²) < 4.78 is 10.7. The van der Waals surface area contributed by atoms with Gasteiger partial charge < -0.3 is 19.7 Å². The maximum absolute atomic E-state index is 13.4. The van der Waals surface area contributed by atoms with Gasteiger partial charge >= 0.3 is 0 Å². The molecule has 2 atom stereocenters. The Morgan fingerprint density at radius 3 is 2.80 bits per heavy atom. The number of rotatable bonds is 6. The number of carbonyl (C=O) groups excluding carboxylic acids is 1. The van der Waals surface area contributed by atoms with Crippen LogP contribution < -0.4 is 14.8 Å². The number of methoxy groups -OCH3 is 2. The maximum Gasteiger partial charge on any atom is 0.230 e. The fraction of sp³-hybridized carbons (Fsp3) is 0.650. The number of hydrogen-bond acceptors (Lipinski definition) is 4. The standard InChI is InChI=1S/C20H30N2O3/c1-4-22(13-15-8-9-17(24-2)18(11-15)25-3)19(23)20-10-6-5-7-16(20)12-21-14-20/h8-9,11,16,21H,4-7,10,12-14H2,1-3H3/t16-,20+/m0/s1. The second-order valence-corrected chi connectivity index (χ2v) is 7.24. The van der Waals surface area contributed by atoms with Gasteiger partial charge in [0.15, 0.2) is 11.5 Å². The Balaban J connectivity index is 1.79. The summed E-state index contributed by atoms with van der Waals surface area (Å²) in [4.78, 5) is 15.5. The molecule has 0 radical (unpaired) electrons. The average Bonchev–Trinajstić information content (AvgIpc) is 3.10. The lowest BCUT2D eigenvalue weighted by Gasteiger charge is -2.40. The van der Waals surface area contributed by atoms with E-state index in [2.05, 4.69) is 12.2 Å². The number of fused-ring (bicyclic) bond motifs is 1. The highest BCUT2D eigenvalue weighted by molar-refractivity contribution is 5.84. The van der Waals surface area contributed by atoms with Gasteiger partial charge in [-0.3, -0.25) is 4.79 Å². The minimum atomic E-state index is -0.190. The highest BCUT2D eigenvalue weighted by Gasteiger charge is 2.51. The van der Waals surface area contributed by atoms with Crippen molar-refractivity contribution in [1.29, 1.82) is 0 Å². The van der Waals surface area contributed by atoms with Crippen molar-refractivity contribution in [3.63, 3.8) is 0 Å². The fourth-order valence-corrected chi connectivity index (χ4v) is 4.51. The molecular formula is C20H30N2O3. The highest BCUT2D eigenvalue weighted by Crippen LogP contribution is 2.45. The predicted molar refractivity (Wildman–Crippen MR) is 97.9 cm³/mol. The van der Waals surface area contributed by atoms with Gasteiger partial charge in [-0.15, -0.1) is 0 Å². The smallest absolute Gasteiger partial charge is 0.230 e. The molecule has 0 aromatic heterocycles. The summed E-state index contributed by atoms with van der Waals surface area (Å²) in [5.74, 6) is 2.24. The molecule has 1 aromatic carbocycles. The van der Waals surface area contributed by atoms with E-state index in [-0.39, 0.29) is 5.41 Å². The summed E-state index contributed by atoms with van der Waals surface area (Å²) in [5.41, 5.74) is 0.882. The van der Waals surface area contributed by atoms with E-state index < -0.39 is 0 Å². The first kappa shape index (κ1) is 18.1. The van der Waals surface area contributed by atoms with Crippen molar-refractivity contribution in [3.05, 3.63) is 23.8 Å². The second-order valence-electron chi connectivity index (χ2n) is 7.24. The Bertz CT molecular complexity index is 619. The summed E-state index contributed by atoms with van der Waals surface area (Å²) in [7, 11) is 3.27. The molecule has 5 heteroatoms. The molecule has 2 aliphatic rings. The summed E-state index contributed by atoms with van der Waals surface area (Å²) >= 11 is 0. The van der Waals surface area contributed by atoms with Crippen molar-refractivity contribution in [2.75, 3.05) is 33.9 Å². The summed E-state index contributed by atoms with van der Waals surface area (Å²) in [6.07, 6.45) is 4.61. The van der Waals surface area contributed by atoms with Crippen LogP contribution in [0.1, 0.15) is 38.2 Å². The molecule has 0 unspecified atom stereocenters. The van der Waals surface area contributed by atoms with Gasteiger partial charge in [0, 0.05) is 19.6 Å². The molecular weight excluding hydrogens is 316 g/mol. The SMILES string of the molecule is CCN(Cc1ccc(OC)c(OC)c1)C(=O)[C@@]12CCCC[C@H]1CNC2. The van der Waals surface area contributed by atoms with Crippen LogP contribution in [-0.4, -0.2) is 44.7 Å². The van der Waals surface area contributed by atoms with Crippen LogP contribution in [0.4, 0.5) is 0 Å². The van der Waals surface area contributed by atoms with Gasteiger partial charge in [0.25, 0.3) is 0 Å². The number of nitrogens with one attached hydrogen (secondary N) is 1. The van der Waals surface area contributed by atoms with Crippen LogP contribution in [0, 0.1) is 11.3 Å². The Labute approximate surface area is 150 Å². The van der Waals surface area contributed by atoms with Gasteiger partial charge in [0.2, 0.25) is 5.91 Å². The Hall–Kier alpha value is -1.75. The van der Waals surface area contributed by atoms with Gasteiger partial charge in [0.05, 0.1) is 19.6 Å². The molecule has 1 aliphatic heterocycles. The van der Waals surface area contributed by atoms with Crippen molar-refractivity contribution in [3.8, 4) is 11.5 Å². The minimum Gasteiger partial charge on any atom is -0.493 e. The summed E-state index contributed by atoms with van der Waals surface area (Å²) in [6.45, 7) is 5.22. The van der Waals surface area contributed by atoms with Gasteiger partial charge in [0.1, 0.15) is 0 Å². The van der Waals surface area contributed by atoms with Crippen molar-refractivity contribution in [1.82, 2.24) is 10.2 Å².